The van der Waals surface area contributed by atoms with E-state index in [2.05, 4.69) is 10.2 Å². The van der Waals surface area contributed by atoms with Crippen LogP contribution in [0.1, 0.15) is 25.0 Å². The van der Waals surface area contributed by atoms with Crippen LogP contribution < -0.4 is 5.56 Å². The summed E-state index contributed by atoms with van der Waals surface area (Å²) < 4.78 is 1.17. The van der Waals surface area contributed by atoms with Crippen LogP contribution in [-0.2, 0) is 7.05 Å². The van der Waals surface area contributed by atoms with Crippen molar-refractivity contribution in [2.45, 2.75) is 27.7 Å². The van der Waals surface area contributed by atoms with E-state index < -0.39 is 0 Å². The number of azo groups is 1. The third-order valence-electron chi connectivity index (χ3n) is 3.10. The van der Waals surface area contributed by atoms with Gasteiger partial charge < -0.3 is 9.92 Å². The molecule has 0 atom stereocenters. The van der Waals surface area contributed by atoms with Crippen LogP contribution >= 0.6 is 0 Å². The van der Waals surface area contributed by atoms with Crippen LogP contribution in [0.25, 0.3) is 0 Å². The number of rotatable bonds is 2. The fraction of sp³-hybridized carbons (Fsp3) is 0.389. The summed E-state index contributed by atoms with van der Waals surface area (Å²) in [6.45, 7) is 7.49. The van der Waals surface area contributed by atoms with Gasteiger partial charge in [0.15, 0.2) is 19.5 Å². The van der Waals surface area contributed by atoms with Gasteiger partial charge in [-0.2, -0.15) is 5.11 Å². The van der Waals surface area contributed by atoms with Gasteiger partial charge in [-0.05, 0) is 45.6 Å². The molecule has 6 nitrogen and oxygen atoms in total. The first-order valence-electron chi connectivity index (χ1n) is 8.03. The Morgan fingerprint density at radius 3 is 2.00 bits per heavy atom. The van der Waals surface area contributed by atoms with Crippen molar-refractivity contribution in [2.24, 2.45) is 17.3 Å². The van der Waals surface area contributed by atoms with E-state index in [-0.39, 0.29) is 17.1 Å². The van der Waals surface area contributed by atoms with Crippen LogP contribution in [0.3, 0.4) is 0 Å². The molecule has 1 aromatic heterocycles. The smallest absolute Gasteiger partial charge is 0.281 e. The minimum Gasteiger partial charge on any atom is -0.494 e. The second-order valence-electron chi connectivity index (χ2n) is 5.29. The summed E-state index contributed by atoms with van der Waals surface area (Å²) in [5, 5.41) is 17.8. The van der Waals surface area contributed by atoms with Gasteiger partial charge in [-0.25, -0.2) is 0 Å². The largest absolute Gasteiger partial charge is 0.494 e. The standard InChI is InChI=1S/C14H15N3O2.C2H6BN.C2H6/c1-9-10(2)13(18)17(3)14(19)12(9)16-15-11-7-5-4-6-8-11;1-4(2)3;1-2/h4-8,18H,1-3H3;1-2H3;1-2H3. The number of hydrogen-bond acceptors (Lipinski definition) is 5. The Balaban J connectivity index is 0.000000845. The highest BCUT2D eigenvalue weighted by Crippen LogP contribution is 2.25. The van der Waals surface area contributed by atoms with E-state index in [1.165, 1.54) is 16.4 Å². The molecule has 2 radical (unpaired) electrons. The highest BCUT2D eigenvalue weighted by molar-refractivity contribution is 6.03. The van der Waals surface area contributed by atoms with Gasteiger partial charge in [0.25, 0.3) is 5.56 Å². The summed E-state index contributed by atoms with van der Waals surface area (Å²) in [5.41, 5.74) is 1.83. The van der Waals surface area contributed by atoms with Crippen molar-refractivity contribution < 1.29 is 5.11 Å². The molecular formula is C18H27BN4O2. The number of hydrogen-bond donors (Lipinski definition) is 1. The van der Waals surface area contributed by atoms with Crippen LogP contribution in [0.4, 0.5) is 11.4 Å². The van der Waals surface area contributed by atoms with Gasteiger partial charge in [0.2, 0.25) is 0 Å². The predicted octanol–water partition coefficient (Wildman–Crippen LogP) is 3.78. The summed E-state index contributed by atoms with van der Waals surface area (Å²) in [7, 11) is 10.0. The van der Waals surface area contributed by atoms with Gasteiger partial charge in [0.1, 0.15) is 0 Å². The second kappa shape index (κ2) is 11.2. The maximum atomic E-state index is 12.0. The average Bonchev–Trinajstić information content (AvgIpc) is 2.60. The maximum Gasteiger partial charge on any atom is 0.281 e. The van der Waals surface area contributed by atoms with E-state index >= 15 is 0 Å². The number of pyridine rings is 1. The Morgan fingerprint density at radius 1 is 1.04 bits per heavy atom. The zero-order chi connectivity index (χ0) is 19.6. The molecule has 2 rings (SSSR count). The molecule has 0 spiro atoms. The molecule has 1 aromatic carbocycles. The lowest BCUT2D eigenvalue weighted by Crippen LogP contribution is -2.18. The molecule has 2 aromatic rings. The van der Waals surface area contributed by atoms with Crippen LogP contribution in [0, 0.1) is 13.8 Å². The van der Waals surface area contributed by atoms with E-state index in [4.69, 9.17) is 7.98 Å². The fourth-order valence-electron chi connectivity index (χ4n) is 1.73. The van der Waals surface area contributed by atoms with Gasteiger partial charge in [-0.1, -0.05) is 32.0 Å². The van der Waals surface area contributed by atoms with E-state index in [0.717, 1.165) is 0 Å². The molecule has 25 heavy (non-hydrogen) atoms. The molecule has 0 amide bonds. The van der Waals surface area contributed by atoms with Crippen LogP contribution in [0.15, 0.2) is 45.4 Å². The van der Waals surface area contributed by atoms with Crippen molar-refractivity contribution in [2.75, 3.05) is 14.1 Å². The Labute approximate surface area is 151 Å². The molecule has 0 aliphatic heterocycles. The summed E-state index contributed by atoms with van der Waals surface area (Å²) in [6, 6.07) is 9.18. The lowest BCUT2D eigenvalue weighted by atomic mass is 10.1. The normalized spacial score (nSPS) is 10.1. The Bertz CT molecular complexity index is 738. The first-order valence-corrected chi connectivity index (χ1v) is 8.03. The molecule has 0 saturated carbocycles. The summed E-state index contributed by atoms with van der Waals surface area (Å²) in [5.74, 6) is -0.0406. The monoisotopic (exact) mass is 342 g/mol. The molecule has 0 aliphatic carbocycles. The number of aromatic nitrogens is 1. The molecule has 0 unspecified atom stereocenters. The SMILES string of the molecule is CC.Cc1c(C)c(O)n(C)c(=O)c1N=Nc1ccccc1.[B]N(C)C. The van der Waals surface area contributed by atoms with Gasteiger partial charge in [-0.3, -0.25) is 9.36 Å². The second-order valence-corrected chi connectivity index (χ2v) is 5.29. The third kappa shape index (κ3) is 6.93. The predicted molar refractivity (Wildman–Crippen MR) is 104 cm³/mol. The number of aromatic hydroxyl groups is 1. The first kappa shape index (κ1) is 22.6. The van der Waals surface area contributed by atoms with Gasteiger partial charge in [-0.15, -0.1) is 5.11 Å². The zero-order valence-corrected chi connectivity index (χ0v) is 16.1. The molecular weight excluding hydrogens is 315 g/mol. The van der Waals surface area contributed by atoms with Crippen molar-refractivity contribution in [1.82, 2.24) is 9.38 Å². The first-order chi connectivity index (χ1) is 11.8. The molecule has 0 aliphatic rings. The zero-order valence-electron chi connectivity index (χ0n) is 16.1. The van der Waals surface area contributed by atoms with E-state index in [1.54, 1.807) is 40.1 Å². The van der Waals surface area contributed by atoms with Crippen LogP contribution in [0.5, 0.6) is 5.88 Å². The summed E-state index contributed by atoms with van der Waals surface area (Å²) >= 11 is 0. The third-order valence-corrected chi connectivity index (χ3v) is 3.10. The minimum absolute atomic E-state index is 0.0406. The van der Waals surface area contributed by atoms with Gasteiger partial charge in [0, 0.05) is 12.6 Å². The van der Waals surface area contributed by atoms with Crippen LogP contribution in [0.2, 0.25) is 0 Å². The lowest BCUT2D eigenvalue weighted by Gasteiger charge is -2.09. The van der Waals surface area contributed by atoms with E-state index in [1.807, 2.05) is 32.0 Å². The molecule has 0 bridgehead atoms. The lowest BCUT2D eigenvalue weighted by molar-refractivity contribution is 0.418. The van der Waals surface area contributed by atoms with Crippen LogP contribution in [-0.4, -0.2) is 36.6 Å². The van der Waals surface area contributed by atoms with Crippen molar-refractivity contribution in [3.8, 4) is 5.88 Å². The average molecular weight is 342 g/mol. The fourth-order valence-corrected chi connectivity index (χ4v) is 1.73. The maximum absolute atomic E-state index is 12.0. The molecule has 1 heterocycles. The summed E-state index contributed by atoms with van der Waals surface area (Å²) in [4.78, 5) is 13.5. The number of nitrogens with zero attached hydrogens (tertiary/aromatic N) is 4. The molecule has 0 fully saturated rings. The Hall–Kier alpha value is -2.41. The summed E-state index contributed by atoms with van der Waals surface area (Å²) in [6.07, 6.45) is 0. The van der Waals surface area contributed by atoms with Gasteiger partial charge >= 0.3 is 0 Å². The minimum atomic E-state index is -0.361. The van der Waals surface area contributed by atoms with Crippen molar-refractivity contribution in [3.63, 3.8) is 0 Å². The highest BCUT2D eigenvalue weighted by atomic mass is 16.3. The highest BCUT2D eigenvalue weighted by Gasteiger charge is 2.13. The van der Waals surface area contributed by atoms with Crippen molar-refractivity contribution in [1.29, 1.82) is 0 Å². The Kier molecular flexibility index (Phi) is 10.1. The molecule has 7 heteroatoms. The van der Waals surface area contributed by atoms with Crippen molar-refractivity contribution in [3.05, 3.63) is 51.8 Å². The topological polar surface area (TPSA) is 70.2 Å². The molecule has 0 saturated heterocycles. The van der Waals surface area contributed by atoms with Gasteiger partial charge in [0.05, 0.1) is 5.69 Å². The quantitative estimate of drug-likeness (QED) is 0.667. The van der Waals surface area contributed by atoms with E-state index in [0.29, 0.717) is 16.8 Å². The molecule has 134 valence electrons. The van der Waals surface area contributed by atoms with Crippen molar-refractivity contribution >= 4 is 19.4 Å². The molecule has 1 N–H and O–H groups in total. The number of benzene rings is 1. The Morgan fingerprint density at radius 2 is 1.52 bits per heavy atom. The van der Waals surface area contributed by atoms with E-state index in [9.17, 15) is 9.90 Å².